The molecule has 0 unspecified atom stereocenters. The van der Waals surface area contributed by atoms with Gasteiger partial charge in [-0.05, 0) is 85.6 Å². The molecule has 0 atom stereocenters. The molecule has 0 fully saturated rings. The van der Waals surface area contributed by atoms with Gasteiger partial charge in [0.05, 0.1) is 33.5 Å². The van der Waals surface area contributed by atoms with Gasteiger partial charge >= 0.3 is 0 Å². The van der Waals surface area contributed by atoms with E-state index in [0.29, 0.717) is 34.0 Å². The average Bonchev–Trinajstić information content (AvgIpc) is 3.19. The van der Waals surface area contributed by atoms with Crippen molar-refractivity contribution in [3.63, 3.8) is 0 Å². The molecule has 0 saturated carbocycles. The number of hydrogen-bond donors (Lipinski definition) is 2. The summed E-state index contributed by atoms with van der Waals surface area (Å²) >= 11 is 0. The van der Waals surface area contributed by atoms with Crippen LogP contribution in [0.3, 0.4) is 0 Å². The Bertz CT molecular complexity index is 2440. The maximum atomic E-state index is 13.8. The molecule has 53 heavy (non-hydrogen) atoms. The van der Waals surface area contributed by atoms with Gasteiger partial charge in [-0.3, -0.25) is 9.59 Å². The molecule has 2 heterocycles. The fraction of sp³-hybridized carbons (Fsp3) is 0.0435. The number of nitrogens with zero attached hydrogens (tertiary/aromatic N) is 2. The van der Waals surface area contributed by atoms with Gasteiger partial charge in [0.2, 0.25) is 0 Å². The second kappa shape index (κ2) is 14.2. The molecule has 7 heteroatoms. The van der Waals surface area contributed by atoms with Crippen LogP contribution in [0.2, 0.25) is 0 Å². The third-order valence-electron chi connectivity index (χ3n) is 9.28. The van der Waals surface area contributed by atoms with E-state index in [0.717, 1.165) is 55.4 Å². The van der Waals surface area contributed by atoms with Gasteiger partial charge in [-0.15, -0.1) is 0 Å². The average molecular weight is 691 g/mol. The van der Waals surface area contributed by atoms with E-state index in [2.05, 4.69) is 10.6 Å². The van der Waals surface area contributed by atoms with Gasteiger partial charge in [-0.25, -0.2) is 9.97 Å². The topological polar surface area (TPSA) is 93.2 Å². The van der Waals surface area contributed by atoms with Crippen molar-refractivity contribution < 1.29 is 14.3 Å². The number of para-hydroxylation sites is 2. The Hall–Kier alpha value is -7.12. The highest BCUT2D eigenvalue weighted by Crippen LogP contribution is 2.33. The summed E-state index contributed by atoms with van der Waals surface area (Å²) in [4.78, 5) is 37.3. The SMILES string of the molecule is Cc1c(-c2ccccc2)nc2ccccc2c1C(=O)Nc1ccc(Oc2ccc(NC(=O)c3c(C)c(-c4ccccc4)nc4ccccc34)cc2)cc1. The monoisotopic (exact) mass is 690 g/mol. The van der Waals surface area contributed by atoms with Crippen molar-refractivity contribution >= 4 is 45.0 Å². The zero-order valence-corrected chi connectivity index (χ0v) is 29.1. The predicted octanol–water partition coefficient (Wildman–Crippen LogP) is 11.0. The number of ether oxygens (including phenoxy) is 1. The first-order valence-corrected chi connectivity index (χ1v) is 17.3. The summed E-state index contributed by atoms with van der Waals surface area (Å²) < 4.78 is 6.11. The summed E-state index contributed by atoms with van der Waals surface area (Å²) in [5, 5.41) is 7.71. The molecule has 256 valence electrons. The van der Waals surface area contributed by atoms with E-state index < -0.39 is 0 Å². The standard InChI is InChI=1S/C46H34N4O3/c1-29-41(37-17-9-11-19-39(37)49-43(29)31-13-5-3-6-14-31)45(51)47-33-21-25-35(26-22-33)53-36-27-23-34(24-28-36)48-46(52)42-30(2)44(32-15-7-4-8-16-32)50-40-20-12-10-18-38(40)42/h3-28H,1-2H3,(H,47,51)(H,48,52). The van der Waals surface area contributed by atoms with E-state index in [4.69, 9.17) is 14.7 Å². The van der Waals surface area contributed by atoms with Gasteiger partial charge in [-0.1, -0.05) is 97.1 Å². The quantitative estimate of drug-likeness (QED) is 0.166. The van der Waals surface area contributed by atoms with Crippen molar-refractivity contribution in [2.24, 2.45) is 0 Å². The fourth-order valence-electron chi connectivity index (χ4n) is 6.69. The van der Waals surface area contributed by atoms with Gasteiger partial charge in [-0.2, -0.15) is 0 Å². The number of nitrogens with one attached hydrogen (secondary N) is 2. The summed E-state index contributed by atoms with van der Waals surface area (Å²) in [5.41, 5.74) is 9.06. The third kappa shape index (κ3) is 6.71. The lowest BCUT2D eigenvalue weighted by molar-refractivity contribution is 0.101. The molecule has 0 spiro atoms. The van der Waals surface area contributed by atoms with Crippen LogP contribution in [0.5, 0.6) is 11.5 Å². The lowest BCUT2D eigenvalue weighted by Crippen LogP contribution is -2.15. The van der Waals surface area contributed by atoms with Crippen LogP contribution in [0.4, 0.5) is 11.4 Å². The van der Waals surface area contributed by atoms with Crippen molar-refractivity contribution in [2.45, 2.75) is 13.8 Å². The largest absolute Gasteiger partial charge is 0.457 e. The van der Waals surface area contributed by atoms with Gasteiger partial charge in [0, 0.05) is 33.3 Å². The zero-order valence-electron chi connectivity index (χ0n) is 29.1. The summed E-state index contributed by atoms with van der Waals surface area (Å²) in [7, 11) is 0. The number of amides is 2. The number of rotatable bonds is 8. The van der Waals surface area contributed by atoms with Gasteiger partial charge in [0.1, 0.15) is 11.5 Å². The summed E-state index contributed by atoms with van der Waals surface area (Å²) in [6.45, 7) is 3.88. The van der Waals surface area contributed by atoms with Crippen molar-refractivity contribution in [2.75, 3.05) is 10.6 Å². The zero-order chi connectivity index (χ0) is 36.3. The molecule has 2 aromatic heterocycles. The molecule has 0 aliphatic carbocycles. The second-order valence-corrected chi connectivity index (χ2v) is 12.7. The molecule has 0 aliphatic rings. The minimum atomic E-state index is -0.212. The Labute approximate surface area is 307 Å². The Morgan fingerprint density at radius 3 is 1.21 bits per heavy atom. The number of benzene rings is 6. The second-order valence-electron chi connectivity index (χ2n) is 12.7. The molecule has 0 radical (unpaired) electrons. The minimum absolute atomic E-state index is 0.212. The highest BCUT2D eigenvalue weighted by Gasteiger charge is 2.21. The number of hydrogen-bond acceptors (Lipinski definition) is 5. The van der Waals surface area contributed by atoms with Crippen LogP contribution in [0.1, 0.15) is 31.8 Å². The summed E-state index contributed by atoms with van der Waals surface area (Å²) in [6, 6.07) is 49.6. The van der Waals surface area contributed by atoms with Crippen LogP contribution in [-0.4, -0.2) is 21.8 Å². The molecule has 0 aliphatic heterocycles. The Morgan fingerprint density at radius 1 is 0.453 bits per heavy atom. The van der Waals surface area contributed by atoms with E-state index in [1.165, 1.54) is 0 Å². The maximum absolute atomic E-state index is 13.8. The van der Waals surface area contributed by atoms with Crippen LogP contribution < -0.4 is 15.4 Å². The van der Waals surface area contributed by atoms with Crippen molar-refractivity contribution in [1.29, 1.82) is 0 Å². The molecule has 0 saturated heterocycles. The van der Waals surface area contributed by atoms with Crippen molar-refractivity contribution in [3.05, 3.63) is 180 Å². The Morgan fingerprint density at radius 2 is 0.811 bits per heavy atom. The van der Waals surface area contributed by atoms with E-state index in [1.807, 2.05) is 147 Å². The van der Waals surface area contributed by atoms with Crippen LogP contribution in [-0.2, 0) is 0 Å². The number of pyridine rings is 2. The Kier molecular flexibility index (Phi) is 8.88. The minimum Gasteiger partial charge on any atom is -0.457 e. The van der Waals surface area contributed by atoms with Crippen molar-refractivity contribution in [3.8, 4) is 34.0 Å². The summed E-state index contributed by atoms with van der Waals surface area (Å²) in [5.74, 6) is 0.777. The lowest BCUT2D eigenvalue weighted by Gasteiger charge is -2.15. The van der Waals surface area contributed by atoms with Gasteiger partial charge in [0.25, 0.3) is 11.8 Å². The first-order chi connectivity index (χ1) is 25.9. The number of carbonyl (C=O) groups excluding carboxylic acids is 2. The first-order valence-electron chi connectivity index (χ1n) is 17.3. The lowest BCUT2D eigenvalue weighted by atomic mass is 9.97. The molecule has 7 nitrogen and oxygen atoms in total. The molecule has 8 aromatic rings. The van der Waals surface area contributed by atoms with Gasteiger partial charge in [0.15, 0.2) is 0 Å². The fourth-order valence-corrected chi connectivity index (χ4v) is 6.69. The van der Waals surface area contributed by atoms with E-state index in [-0.39, 0.29) is 11.8 Å². The van der Waals surface area contributed by atoms with E-state index in [1.54, 1.807) is 24.3 Å². The number of fused-ring (bicyclic) bond motifs is 2. The molecular weight excluding hydrogens is 657 g/mol. The summed E-state index contributed by atoms with van der Waals surface area (Å²) in [6.07, 6.45) is 0. The van der Waals surface area contributed by atoms with Crippen LogP contribution in [0.15, 0.2) is 158 Å². The molecule has 6 aromatic carbocycles. The highest BCUT2D eigenvalue weighted by atomic mass is 16.5. The van der Waals surface area contributed by atoms with Crippen LogP contribution in [0, 0.1) is 13.8 Å². The number of carbonyl (C=O) groups is 2. The maximum Gasteiger partial charge on any atom is 0.256 e. The van der Waals surface area contributed by atoms with E-state index >= 15 is 0 Å². The molecule has 2 N–H and O–H groups in total. The molecule has 2 amide bonds. The van der Waals surface area contributed by atoms with Crippen LogP contribution in [0.25, 0.3) is 44.3 Å². The smallest absolute Gasteiger partial charge is 0.256 e. The predicted molar refractivity (Wildman–Crippen MR) is 213 cm³/mol. The molecule has 8 rings (SSSR count). The third-order valence-corrected chi connectivity index (χ3v) is 9.28. The van der Waals surface area contributed by atoms with E-state index in [9.17, 15) is 9.59 Å². The highest BCUT2D eigenvalue weighted by molar-refractivity contribution is 6.15. The normalized spacial score (nSPS) is 11.0. The number of anilines is 2. The van der Waals surface area contributed by atoms with Gasteiger partial charge < -0.3 is 15.4 Å². The number of aromatic nitrogens is 2. The molecular formula is C46H34N4O3. The Balaban J connectivity index is 0.970. The molecule has 0 bridgehead atoms. The van der Waals surface area contributed by atoms with Crippen molar-refractivity contribution in [1.82, 2.24) is 9.97 Å². The van der Waals surface area contributed by atoms with Crippen LogP contribution >= 0.6 is 0 Å². The first kappa shape index (κ1) is 33.0.